The zero-order valence-electron chi connectivity index (χ0n) is 18.1. The molecule has 10 nitrogen and oxygen atoms in total. The van der Waals surface area contributed by atoms with E-state index in [0.29, 0.717) is 35.6 Å². The van der Waals surface area contributed by atoms with Crippen molar-refractivity contribution in [1.29, 1.82) is 0 Å². The molecule has 174 valence electrons. The number of fused-ring (bicyclic) bond motifs is 1. The van der Waals surface area contributed by atoms with Gasteiger partial charge in [-0.1, -0.05) is 23.7 Å². The molecule has 1 aromatic heterocycles. The highest BCUT2D eigenvalue weighted by molar-refractivity contribution is 6.33. The zero-order valence-corrected chi connectivity index (χ0v) is 18.8. The van der Waals surface area contributed by atoms with Gasteiger partial charge < -0.3 is 4.42 Å². The van der Waals surface area contributed by atoms with Crippen molar-refractivity contribution in [2.24, 2.45) is 5.10 Å². The summed E-state index contributed by atoms with van der Waals surface area (Å²) in [5.74, 6) is -0.442. The number of nitro groups is 1. The van der Waals surface area contributed by atoms with Crippen molar-refractivity contribution in [3.63, 3.8) is 0 Å². The van der Waals surface area contributed by atoms with E-state index in [4.69, 9.17) is 16.0 Å². The SMILES string of the molecule is Cc1c(C(=O)NNC(=O)c2ccccc2Cl)oc2c1/C(=N/Nc1ccc([N+](=O)[O-])cc1)CCC2. The number of aryl methyl sites for hydroxylation is 1. The number of furan rings is 1. The first kappa shape index (κ1) is 23.0. The second-order valence-corrected chi connectivity index (χ2v) is 7.98. The number of carbonyl (C=O) groups is 2. The number of carbonyl (C=O) groups excluding carboxylic acids is 2. The monoisotopic (exact) mass is 481 g/mol. The van der Waals surface area contributed by atoms with Crippen LogP contribution in [0.5, 0.6) is 0 Å². The molecule has 4 rings (SSSR count). The third-order valence-electron chi connectivity index (χ3n) is 5.34. The fourth-order valence-corrected chi connectivity index (χ4v) is 3.89. The largest absolute Gasteiger partial charge is 0.455 e. The lowest BCUT2D eigenvalue weighted by Crippen LogP contribution is -2.41. The van der Waals surface area contributed by atoms with E-state index in [1.165, 1.54) is 12.1 Å². The average Bonchev–Trinajstić information content (AvgIpc) is 3.18. The van der Waals surface area contributed by atoms with Crippen LogP contribution in [0.15, 0.2) is 58.0 Å². The predicted molar refractivity (Wildman–Crippen MR) is 126 cm³/mol. The Hall–Kier alpha value is -4.18. The molecular formula is C23H20ClN5O5. The molecule has 3 aromatic rings. The molecule has 2 amide bonds. The van der Waals surface area contributed by atoms with Crippen LogP contribution in [0.1, 0.15) is 50.6 Å². The number of rotatable bonds is 5. The minimum atomic E-state index is -0.602. The van der Waals surface area contributed by atoms with Gasteiger partial charge in [-0.05, 0) is 44.0 Å². The second-order valence-electron chi connectivity index (χ2n) is 7.57. The number of hydrogen-bond donors (Lipinski definition) is 3. The van der Waals surface area contributed by atoms with Crippen LogP contribution in [0, 0.1) is 17.0 Å². The number of amides is 2. The molecule has 0 bridgehead atoms. The Morgan fingerprint density at radius 2 is 1.76 bits per heavy atom. The van der Waals surface area contributed by atoms with E-state index in [1.54, 1.807) is 43.3 Å². The quantitative estimate of drug-likeness (QED) is 0.365. The van der Waals surface area contributed by atoms with Gasteiger partial charge in [-0.2, -0.15) is 5.10 Å². The lowest BCUT2D eigenvalue weighted by Gasteiger charge is -2.13. The van der Waals surface area contributed by atoms with Gasteiger partial charge in [0.25, 0.3) is 11.6 Å². The number of hydrazine groups is 1. The van der Waals surface area contributed by atoms with E-state index in [0.717, 1.165) is 12.0 Å². The number of nitrogens with zero attached hydrogens (tertiary/aromatic N) is 2. The van der Waals surface area contributed by atoms with Crippen molar-refractivity contribution in [2.45, 2.75) is 26.2 Å². The Labute approximate surface area is 199 Å². The Bertz CT molecular complexity index is 1300. The van der Waals surface area contributed by atoms with Crippen LogP contribution in [0.25, 0.3) is 0 Å². The lowest BCUT2D eigenvalue weighted by atomic mass is 9.93. The molecule has 0 spiro atoms. The summed E-state index contributed by atoms with van der Waals surface area (Å²) in [5.41, 5.74) is 10.5. The number of anilines is 1. The van der Waals surface area contributed by atoms with E-state index in [9.17, 15) is 19.7 Å². The molecule has 0 fully saturated rings. The van der Waals surface area contributed by atoms with Gasteiger partial charge in [-0.25, -0.2) is 0 Å². The molecule has 1 aliphatic rings. The van der Waals surface area contributed by atoms with Crippen LogP contribution in [0.4, 0.5) is 11.4 Å². The molecule has 1 heterocycles. The number of benzene rings is 2. The maximum atomic E-state index is 12.7. The molecule has 11 heteroatoms. The summed E-state index contributed by atoms with van der Waals surface area (Å²) < 4.78 is 5.81. The van der Waals surface area contributed by atoms with Crippen molar-refractivity contribution in [3.8, 4) is 0 Å². The van der Waals surface area contributed by atoms with Crippen LogP contribution in [0.2, 0.25) is 5.02 Å². The van der Waals surface area contributed by atoms with E-state index in [1.807, 2.05) is 0 Å². The fourth-order valence-electron chi connectivity index (χ4n) is 3.67. The Balaban J connectivity index is 1.49. The number of halogens is 1. The third kappa shape index (κ3) is 4.76. The van der Waals surface area contributed by atoms with E-state index in [-0.39, 0.29) is 22.0 Å². The predicted octanol–water partition coefficient (Wildman–Crippen LogP) is 4.38. The van der Waals surface area contributed by atoms with Crippen molar-refractivity contribution < 1.29 is 18.9 Å². The van der Waals surface area contributed by atoms with Gasteiger partial charge in [0, 0.05) is 29.7 Å². The molecule has 2 aromatic carbocycles. The van der Waals surface area contributed by atoms with Crippen LogP contribution >= 0.6 is 11.6 Å². The van der Waals surface area contributed by atoms with E-state index < -0.39 is 16.7 Å². The summed E-state index contributed by atoms with van der Waals surface area (Å²) in [6, 6.07) is 12.4. The first-order valence-corrected chi connectivity index (χ1v) is 10.8. The average molecular weight is 482 g/mol. The molecule has 34 heavy (non-hydrogen) atoms. The third-order valence-corrected chi connectivity index (χ3v) is 5.67. The van der Waals surface area contributed by atoms with Gasteiger partial charge in [0.15, 0.2) is 5.76 Å². The van der Waals surface area contributed by atoms with Crippen molar-refractivity contribution in [3.05, 3.63) is 91.9 Å². The zero-order chi connectivity index (χ0) is 24.2. The molecule has 0 aliphatic heterocycles. The second kappa shape index (κ2) is 9.75. The Morgan fingerprint density at radius 3 is 2.47 bits per heavy atom. The molecule has 3 N–H and O–H groups in total. The molecule has 0 unspecified atom stereocenters. The molecule has 0 radical (unpaired) electrons. The highest BCUT2D eigenvalue weighted by atomic mass is 35.5. The molecular weight excluding hydrogens is 462 g/mol. The number of hydrogen-bond acceptors (Lipinski definition) is 7. The summed E-state index contributed by atoms with van der Waals surface area (Å²) in [6.45, 7) is 1.75. The fraction of sp³-hybridized carbons (Fsp3) is 0.174. The van der Waals surface area contributed by atoms with Crippen LogP contribution in [-0.2, 0) is 6.42 Å². The highest BCUT2D eigenvalue weighted by Crippen LogP contribution is 2.30. The van der Waals surface area contributed by atoms with Gasteiger partial charge in [0.05, 0.1) is 26.9 Å². The standard InChI is InChI=1S/C23H20ClN5O5/c1-13-20-18(26-25-14-9-11-15(12-10-14)29(32)33)7-4-8-19(20)34-21(13)23(31)28-27-22(30)16-5-2-3-6-17(16)24/h2-3,5-6,9-12,25H,4,7-8H2,1H3,(H,27,30)(H,28,31)/b26-18+. The molecule has 0 atom stereocenters. The number of nitro benzene ring substituents is 1. The number of nitrogens with one attached hydrogen (secondary N) is 3. The number of non-ortho nitro benzene ring substituents is 1. The van der Waals surface area contributed by atoms with Crippen molar-refractivity contribution in [2.75, 3.05) is 5.43 Å². The van der Waals surface area contributed by atoms with Crippen molar-refractivity contribution >= 4 is 40.5 Å². The smallest absolute Gasteiger partial charge is 0.305 e. The minimum absolute atomic E-state index is 0.0129. The molecule has 0 saturated heterocycles. The van der Waals surface area contributed by atoms with Gasteiger partial charge in [0.2, 0.25) is 0 Å². The van der Waals surface area contributed by atoms with E-state index in [2.05, 4.69) is 21.4 Å². The summed E-state index contributed by atoms with van der Waals surface area (Å²) in [7, 11) is 0. The normalized spacial score (nSPS) is 13.8. The van der Waals surface area contributed by atoms with Gasteiger partial charge >= 0.3 is 5.91 Å². The van der Waals surface area contributed by atoms with Gasteiger partial charge in [0.1, 0.15) is 5.76 Å². The molecule has 1 aliphatic carbocycles. The Morgan fingerprint density at radius 1 is 1.06 bits per heavy atom. The van der Waals surface area contributed by atoms with Gasteiger partial charge in [-0.15, -0.1) is 0 Å². The van der Waals surface area contributed by atoms with Crippen LogP contribution < -0.4 is 16.3 Å². The van der Waals surface area contributed by atoms with Crippen LogP contribution in [-0.4, -0.2) is 22.4 Å². The lowest BCUT2D eigenvalue weighted by molar-refractivity contribution is -0.384. The topological polar surface area (TPSA) is 139 Å². The summed E-state index contributed by atoms with van der Waals surface area (Å²) in [6.07, 6.45) is 2.09. The first-order valence-electron chi connectivity index (χ1n) is 10.4. The highest BCUT2D eigenvalue weighted by Gasteiger charge is 2.28. The van der Waals surface area contributed by atoms with Crippen LogP contribution in [0.3, 0.4) is 0 Å². The maximum absolute atomic E-state index is 12.7. The number of hydrazone groups is 1. The maximum Gasteiger partial charge on any atom is 0.305 e. The summed E-state index contributed by atoms with van der Waals surface area (Å²) in [5, 5.41) is 15.5. The first-order chi connectivity index (χ1) is 16.3. The summed E-state index contributed by atoms with van der Waals surface area (Å²) in [4.78, 5) is 35.4. The molecule has 0 saturated carbocycles. The van der Waals surface area contributed by atoms with Gasteiger partial charge in [-0.3, -0.25) is 36.0 Å². The minimum Gasteiger partial charge on any atom is -0.455 e. The summed E-state index contributed by atoms with van der Waals surface area (Å²) >= 11 is 6.02. The Kier molecular flexibility index (Phi) is 6.60. The van der Waals surface area contributed by atoms with E-state index >= 15 is 0 Å². The van der Waals surface area contributed by atoms with Crippen molar-refractivity contribution in [1.82, 2.24) is 10.9 Å².